The summed E-state index contributed by atoms with van der Waals surface area (Å²) in [5.41, 5.74) is 1.53. The summed E-state index contributed by atoms with van der Waals surface area (Å²) < 4.78 is 0. The number of allylic oxidation sites excluding steroid dienone is 1. The highest BCUT2D eigenvalue weighted by Crippen LogP contribution is 2.16. The highest BCUT2D eigenvalue weighted by atomic mass is 32.1. The molecule has 0 saturated carbocycles. The zero-order valence-electron chi connectivity index (χ0n) is 7.57. The smallest absolute Gasteiger partial charge is 0.141 e. The average Bonchev–Trinajstić information content (AvgIpc) is 2.11. The molecule has 0 fully saturated rings. The third-order valence-electron chi connectivity index (χ3n) is 1.61. The van der Waals surface area contributed by atoms with Gasteiger partial charge in [0, 0.05) is 5.69 Å². The van der Waals surface area contributed by atoms with Gasteiger partial charge in [-0.25, -0.2) is 4.98 Å². The van der Waals surface area contributed by atoms with Crippen LogP contribution in [0, 0.1) is 6.92 Å². The number of rotatable bonds is 3. The van der Waals surface area contributed by atoms with Gasteiger partial charge in [-0.2, -0.15) is 12.6 Å². The van der Waals surface area contributed by atoms with E-state index >= 15 is 0 Å². The molecule has 70 valence electrons. The number of aryl methyl sites for hydroxylation is 1. The fraction of sp³-hybridized carbons (Fsp3) is 0.300. The van der Waals surface area contributed by atoms with Crippen LogP contribution in [0.2, 0.25) is 0 Å². The maximum Gasteiger partial charge on any atom is 0.141 e. The van der Waals surface area contributed by atoms with Gasteiger partial charge >= 0.3 is 0 Å². The summed E-state index contributed by atoms with van der Waals surface area (Å²) in [5.74, 6) is 1.03. The molecule has 1 aromatic rings. The number of aromatic nitrogens is 1. The Balaban J connectivity index is 2.81. The molecule has 0 radical (unpaired) electrons. The van der Waals surface area contributed by atoms with Gasteiger partial charge in [-0.05, 0) is 37.3 Å². The van der Waals surface area contributed by atoms with Crippen molar-refractivity contribution in [2.45, 2.75) is 13.3 Å². The topological polar surface area (TPSA) is 33.1 Å². The Bertz CT molecular complexity index is 310. The molecule has 0 spiro atoms. The van der Waals surface area contributed by atoms with Crippen molar-refractivity contribution in [2.24, 2.45) is 0 Å². The number of hydrogen-bond donors (Lipinski definition) is 2. The van der Waals surface area contributed by atoms with Crippen LogP contribution in [0.1, 0.15) is 17.8 Å². The Labute approximate surface area is 83.7 Å². The van der Waals surface area contributed by atoms with Crippen molar-refractivity contribution in [3.8, 4) is 5.75 Å². The first-order valence-corrected chi connectivity index (χ1v) is 4.81. The van der Waals surface area contributed by atoms with Crippen molar-refractivity contribution in [2.75, 3.05) is 5.75 Å². The molecule has 1 aromatic heterocycles. The van der Waals surface area contributed by atoms with Crippen LogP contribution < -0.4 is 0 Å². The van der Waals surface area contributed by atoms with Crippen molar-refractivity contribution in [1.29, 1.82) is 0 Å². The molecule has 0 atom stereocenters. The lowest BCUT2D eigenvalue weighted by Crippen LogP contribution is -1.85. The molecule has 0 amide bonds. The first-order valence-electron chi connectivity index (χ1n) is 4.18. The minimum Gasteiger partial charge on any atom is -0.506 e. The molecule has 2 nitrogen and oxygen atoms in total. The van der Waals surface area contributed by atoms with E-state index in [9.17, 15) is 5.11 Å². The van der Waals surface area contributed by atoms with E-state index in [2.05, 4.69) is 17.6 Å². The van der Waals surface area contributed by atoms with Crippen LogP contribution in [-0.2, 0) is 0 Å². The highest BCUT2D eigenvalue weighted by Gasteiger charge is 1.97. The summed E-state index contributed by atoms with van der Waals surface area (Å²) in [4.78, 5) is 4.18. The van der Waals surface area contributed by atoms with Crippen LogP contribution in [0.4, 0.5) is 0 Å². The van der Waals surface area contributed by atoms with E-state index in [0.29, 0.717) is 5.69 Å². The Morgan fingerprint density at radius 1 is 1.54 bits per heavy atom. The van der Waals surface area contributed by atoms with Crippen LogP contribution in [0.25, 0.3) is 6.08 Å². The second kappa shape index (κ2) is 4.92. The van der Waals surface area contributed by atoms with Gasteiger partial charge in [0.25, 0.3) is 0 Å². The van der Waals surface area contributed by atoms with Crippen LogP contribution in [0.5, 0.6) is 5.75 Å². The summed E-state index contributed by atoms with van der Waals surface area (Å²) in [6.07, 6.45) is 4.66. The van der Waals surface area contributed by atoms with Crippen LogP contribution >= 0.6 is 12.6 Å². The molecule has 3 heteroatoms. The third kappa shape index (κ3) is 3.11. The normalized spacial score (nSPS) is 10.9. The minimum atomic E-state index is 0.223. The maximum absolute atomic E-state index is 9.40. The van der Waals surface area contributed by atoms with Crippen molar-refractivity contribution < 1.29 is 5.11 Å². The van der Waals surface area contributed by atoms with E-state index < -0.39 is 0 Å². The first kappa shape index (κ1) is 10.1. The van der Waals surface area contributed by atoms with Gasteiger partial charge in [0.05, 0.1) is 0 Å². The fourth-order valence-electron chi connectivity index (χ4n) is 0.962. The Morgan fingerprint density at radius 2 is 2.31 bits per heavy atom. The zero-order chi connectivity index (χ0) is 9.68. The third-order valence-corrected chi connectivity index (χ3v) is 1.87. The summed E-state index contributed by atoms with van der Waals surface area (Å²) in [7, 11) is 0. The summed E-state index contributed by atoms with van der Waals surface area (Å²) in [6.45, 7) is 1.90. The van der Waals surface area contributed by atoms with Crippen molar-refractivity contribution >= 4 is 18.7 Å². The quantitative estimate of drug-likeness (QED) is 0.726. The Kier molecular flexibility index (Phi) is 3.83. The average molecular weight is 195 g/mol. The Morgan fingerprint density at radius 3 is 3.00 bits per heavy atom. The van der Waals surface area contributed by atoms with E-state index in [1.54, 1.807) is 12.1 Å². The highest BCUT2D eigenvalue weighted by molar-refractivity contribution is 7.80. The Hall–Kier alpha value is -0.960. The first-order chi connectivity index (χ1) is 6.24. The van der Waals surface area contributed by atoms with E-state index in [4.69, 9.17) is 0 Å². The molecule has 0 aromatic carbocycles. The molecular formula is C10H13NOS. The number of aromatic hydroxyl groups is 1. The van der Waals surface area contributed by atoms with E-state index in [-0.39, 0.29) is 5.75 Å². The van der Waals surface area contributed by atoms with E-state index in [1.807, 2.05) is 19.1 Å². The maximum atomic E-state index is 9.40. The molecule has 0 bridgehead atoms. The number of nitrogens with zero attached hydrogens (tertiary/aromatic N) is 1. The lowest BCUT2D eigenvalue weighted by molar-refractivity contribution is 0.470. The van der Waals surface area contributed by atoms with Gasteiger partial charge < -0.3 is 5.11 Å². The van der Waals surface area contributed by atoms with Gasteiger partial charge in [0.1, 0.15) is 11.4 Å². The molecule has 1 heterocycles. The minimum absolute atomic E-state index is 0.223. The van der Waals surface area contributed by atoms with Gasteiger partial charge in [0.15, 0.2) is 0 Å². The van der Waals surface area contributed by atoms with Crippen LogP contribution in [-0.4, -0.2) is 15.8 Å². The molecule has 0 aliphatic carbocycles. The largest absolute Gasteiger partial charge is 0.506 e. The lowest BCUT2D eigenvalue weighted by atomic mass is 10.2. The van der Waals surface area contributed by atoms with E-state index in [0.717, 1.165) is 17.9 Å². The van der Waals surface area contributed by atoms with Crippen LogP contribution in [0.3, 0.4) is 0 Å². The van der Waals surface area contributed by atoms with E-state index in [1.165, 1.54) is 0 Å². The van der Waals surface area contributed by atoms with Gasteiger partial charge in [-0.15, -0.1) is 0 Å². The SMILES string of the molecule is Cc1ccc(O)c(C=CCCS)n1. The summed E-state index contributed by atoms with van der Waals surface area (Å²) in [6, 6.07) is 3.44. The molecule has 0 saturated heterocycles. The molecule has 0 aliphatic rings. The second-order valence-corrected chi connectivity index (χ2v) is 3.22. The molecule has 1 N–H and O–H groups in total. The van der Waals surface area contributed by atoms with Crippen molar-refractivity contribution in [1.82, 2.24) is 4.98 Å². The van der Waals surface area contributed by atoms with Gasteiger partial charge in [-0.3, -0.25) is 0 Å². The lowest BCUT2D eigenvalue weighted by Gasteiger charge is -1.98. The number of pyridine rings is 1. The van der Waals surface area contributed by atoms with Crippen molar-refractivity contribution in [3.05, 3.63) is 29.6 Å². The molecule has 0 aliphatic heterocycles. The van der Waals surface area contributed by atoms with Crippen molar-refractivity contribution in [3.63, 3.8) is 0 Å². The molecule has 1 rings (SSSR count). The molecule has 0 unspecified atom stereocenters. The predicted octanol–water partition coefficient (Wildman–Crippen LogP) is 2.43. The second-order valence-electron chi connectivity index (χ2n) is 2.77. The molecular weight excluding hydrogens is 182 g/mol. The zero-order valence-corrected chi connectivity index (χ0v) is 8.46. The summed E-state index contributed by atoms with van der Waals surface area (Å²) >= 11 is 4.08. The fourth-order valence-corrected chi connectivity index (χ4v) is 1.11. The molecule has 13 heavy (non-hydrogen) atoms. The van der Waals surface area contributed by atoms with Crippen LogP contribution in [0.15, 0.2) is 18.2 Å². The standard InChI is InChI=1S/C10H13NOS/c1-8-5-6-10(12)9(11-8)4-2-3-7-13/h2,4-6,12-13H,3,7H2,1H3. The number of thiol groups is 1. The monoisotopic (exact) mass is 195 g/mol. The van der Waals surface area contributed by atoms with Gasteiger partial charge in [-0.1, -0.05) is 6.08 Å². The number of hydrogen-bond acceptors (Lipinski definition) is 3. The predicted molar refractivity (Wildman–Crippen MR) is 58.1 cm³/mol. The van der Waals surface area contributed by atoms with Gasteiger partial charge in [0.2, 0.25) is 0 Å². The summed E-state index contributed by atoms with van der Waals surface area (Å²) in [5, 5.41) is 9.40.